The van der Waals surface area contributed by atoms with Gasteiger partial charge in [0.25, 0.3) is 5.91 Å². The summed E-state index contributed by atoms with van der Waals surface area (Å²) in [5.74, 6) is 0.443. The monoisotopic (exact) mass is 348 g/mol. The Morgan fingerprint density at radius 1 is 1.12 bits per heavy atom. The maximum absolute atomic E-state index is 12.3. The molecule has 4 aromatic heterocycles. The van der Waals surface area contributed by atoms with Crippen molar-refractivity contribution in [1.29, 1.82) is 0 Å². The normalized spacial score (nSPS) is 10.6. The van der Waals surface area contributed by atoms with Gasteiger partial charge in [-0.05, 0) is 24.3 Å². The highest BCUT2D eigenvalue weighted by atomic mass is 32.1. The maximum Gasteiger partial charge on any atom is 0.259 e. The summed E-state index contributed by atoms with van der Waals surface area (Å²) in [4.78, 5) is 29.1. The number of hydrogen-bond donors (Lipinski definition) is 1. The topological polar surface area (TPSA) is 85.6 Å². The molecule has 0 saturated carbocycles. The Labute approximate surface area is 147 Å². The van der Waals surface area contributed by atoms with Crippen molar-refractivity contribution in [3.8, 4) is 17.1 Å². The lowest BCUT2D eigenvalue weighted by Gasteiger charge is -2.04. The van der Waals surface area contributed by atoms with Crippen LogP contribution in [0.3, 0.4) is 0 Å². The molecule has 8 heteroatoms. The molecule has 4 heterocycles. The van der Waals surface area contributed by atoms with Crippen molar-refractivity contribution in [3.05, 3.63) is 72.5 Å². The van der Waals surface area contributed by atoms with Gasteiger partial charge in [0, 0.05) is 41.9 Å². The Bertz CT molecular complexity index is 980. The number of aromatic nitrogens is 5. The predicted molar refractivity (Wildman–Crippen MR) is 94.7 cm³/mol. The van der Waals surface area contributed by atoms with Crippen molar-refractivity contribution in [1.82, 2.24) is 24.5 Å². The second-order valence-corrected chi connectivity index (χ2v) is 5.97. The molecule has 0 aliphatic heterocycles. The third-order valence-corrected chi connectivity index (χ3v) is 4.22. The zero-order valence-electron chi connectivity index (χ0n) is 12.9. The number of nitrogens with zero attached hydrogens (tertiary/aromatic N) is 5. The van der Waals surface area contributed by atoms with Crippen molar-refractivity contribution in [3.63, 3.8) is 0 Å². The average molecular weight is 348 g/mol. The SMILES string of the molecule is O=C(Nc1nc(-c2cccnc2)cs1)c1ccc(-n2ccnc2)nc1. The molecule has 122 valence electrons. The van der Waals surface area contributed by atoms with E-state index >= 15 is 0 Å². The molecule has 0 aromatic carbocycles. The first kappa shape index (κ1) is 15.2. The van der Waals surface area contributed by atoms with Crippen molar-refractivity contribution in [2.24, 2.45) is 0 Å². The molecule has 4 aromatic rings. The van der Waals surface area contributed by atoms with Gasteiger partial charge >= 0.3 is 0 Å². The van der Waals surface area contributed by atoms with Crippen molar-refractivity contribution in [2.45, 2.75) is 0 Å². The number of nitrogens with one attached hydrogen (secondary N) is 1. The number of pyridine rings is 2. The summed E-state index contributed by atoms with van der Waals surface area (Å²) in [7, 11) is 0. The molecule has 0 radical (unpaired) electrons. The third-order valence-electron chi connectivity index (χ3n) is 3.46. The summed E-state index contributed by atoms with van der Waals surface area (Å²) in [6.45, 7) is 0. The van der Waals surface area contributed by atoms with Crippen LogP contribution in [0.4, 0.5) is 5.13 Å². The Morgan fingerprint density at radius 3 is 2.80 bits per heavy atom. The number of amides is 1. The Hall–Kier alpha value is -3.39. The lowest BCUT2D eigenvalue weighted by atomic mass is 10.2. The molecular formula is C17H12N6OS. The number of rotatable bonds is 4. The van der Waals surface area contributed by atoms with Gasteiger partial charge < -0.3 is 0 Å². The minimum atomic E-state index is -0.253. The molecule has 0 fully saturated rings. The van der Waals surface area contributed by atoms with Crippen molar-refractivity contribution >= 4 is 22.4 Å². The molecule has 1 amide bonds. The summed E-state index contributed by atoms with van der Waals surface area (Å²) >= 11 is 1.36. The van der Waals surface area contributed by atoms with E-state index < -0.39 is 0 Å². The van der Waals surface area contributed by atoms with Crippen LogP contribution in [0.1, 0.15) is 10.4 Å². The first-order valence-corrected chi connectivity index (χ1v) is 8.29. The van der Waals surface area contributed by atoms with Crippen LogP contribution in [-0.2, 0) is 0 Å². The highest BCUT2D eigenvalue weighted by molar-refractivity contribution is 7.14. The zero-order valence-corrected chi connectivity index (χ0v) is 13.7. The van der Waals surface area contributed by atoms with E-state index in [-0.39, 0.29) is 5.91 Å². The van der Waals surface area contributed by atoms with E-state index in [1.165, 1.54) is 17.5 Å². The molecule has 0 atom stereocenters. The van der Waals surface area contributed by atoms with E-state index in [4.69, 9.17) is 0 Å². The lowest BCUT2D eigenvalue weighted by Crippen LogP contribution is -2.12. The predicted octanol–water partition coefficient (Wildman–Crippen LogP) is 3.04. The van der Waals surface area contributed by atoms with E-state index in [1.807, 2.05) is 17.5 Å². The van der Waals surface area contributed by atoms with Gasteiger partial charge in [-0.3, -0.25) is 19.7 Å². The van der Waals surface area contributed by atoms with Crippen LogP contribution in [0.2, 0.25) is 0 Å². The van der Waals surface area contributed by atoms with Gasteiger partial charge in [0.05, 0.1) is 11.3 Å². The van der Waals surface area contributed by atoms with Crippen LogP contribution in [0, 0.1) is 0 Å². The van der Waals surface area contributed by atoms with Gasteiger partial charge in [0.1, 0.15) is 12.1 Å². The van der Waals surface area contributed by atoms with Crippen LogP contribution >= 0.6 is 11.3 Å². The standard InChI is InChI=1S/C17H12N6OS/c24-16(13-3-4-15(20-9-13)23-7-6-19-11-23)22-17-21-14(10-25-17)12-2-1-5-18-8-12/h1-11H,(H,21,22,24). The number of carbonyl (C=O) groups is 1. The summed E-state index contributed by atoms with van der Waals surface area (Å²) in [6.07, 6.45) is 10.1. The van der Waals surface area contributed by atoms with Crippen molar-refractivity contribution in [2.75, 3.05) is 5.32 Å². The van der Waals surface area contributed by atoms with Gasteiger partial charge in [0.15, 0.2) is 5.13 Å². The molecule has 4 rings (SSSR count). The van der Waals surface area contributed by atoms with Gasteiger partial charge in [-0.25, -0.2) is 15.0 Å². The Balaban J connectivity index is 1.48. The molecule has 0 aliphatic rings. The van der Waals surface area contributed by atoms with Gasteiger partial charge in [0.2, 0.25) is 0 Å². The van der Waals surface area contributed by atoms with E-state index in [2.05, 4.69) is 25.3 Å². The number of carbonyl (C=O) groups excluding carboxylic acids is 1. The lowest BCUT2D eigenvalue weighted by molar-refractivity contribution is 0.102. The number of anilines is 1. The second kappa shape index (κ2) is 6.62. The van der Waals surface area contributed by atoms with Crippen LogP contribution in [0.25, 0.3) is 17.1 Å². The highest BCUT2D eigenvalue weighted by Gasteiger charge is 2.11. The second-order valence-electron chi connectivity index (χ2n) is 5.11. The summed E-state index contributed by atoms with van der Waals surface area (Å²) < 4.78 is 1.77. The quantitative estimate of drug-likeness (QED) is 0.613. The van der Waals surface area contributed by atoms with Gasteiger partial charge in [-0.1, -0.05) is 0 Å². The van der Waals surface area contributed by atoms with Gasteiger partial charge in [-0.2, -0.15) is 0 Å². The molecule has 0 aliphatic carbocycles. The van der Waals surface area contributed by atoms with E-state index in [1.54, 1.807) is 47.8 Å². The third kappa shape index (κ3) is 3.29. The molecule has 0 spiro atoms. The summed E-state index contributed by atoms with van der Waals surface area (Å²) in [6, 6.07) is 7.25. The summed E-state index contributed by atoms with van der Waals surface area (Å²) in [5.41, 5.74) is 2.15. The smallest absolute Gasteiger partial charge is 0.259 e. The summed E-state index contributed by atoms with van der Waals surface area (Å²) in [5, 5.41) is 5.20. The van der Waals surface area contributed by atoms with Crippen LogP contribution in [-0.4, -0.2) is 30.4 Å². The minimum Gasteiger partial charge on any atom is -0.298 e. The highest BCUT2D eigenvalue weighted by Crippen LogP contribution is 2.24. The van der Waals surface area contributed by atoms with Crippen LogP contribution < -0.4 is 5.32 Å². The molecule has 25 heavy (non-hydrogen) atoms. The molecule has 0 bridgehead atoms. The number of thiazole rings is 1. The molecule has 7 nitrogen and oxygen atoms in total. The first-order chi connectivity index (χ1) is 12.3. The molecule has 1 N–H and O–H groups in total. The van der Waals surface area contributed by atoms with E-state index in [0.29, 0.717) is 16.5 Å². The fraction of sp³-hybridized carbons (Fsp3) is 0. The number of hydrogen-bond acceptors (Lipinski definition) is 6. The van der Waals surface area contributed by atoms with E-state index in [0.717, 1.165) is 11.3 Å². The van der Waals surface area contributed by atoms with Gasteiger partial charge in [-0.15, -0.1) is 11.3 Å². The first-order valence-electron chi connectivity index (χ1n) is 7.41. The zero-order chi connectivity index (χ0) is 17.1. The van der Waals surface area contributed by atoms with Crippen molar-refractivity contribution < 1.29 is 4.79 Å². The van der Waals surface area contributed by atoms with Crippen LogP contribution in [0.5, 0.6) is 0 Å². The fourth-order valence-corrected chi connectivity index (χ4v) is 2.93. The maximum atomic E-state index is 12.3. The molecule has 0 saturated heterocycles. The Morgan fingerprint density at radius 2 is 2.08 bits per heavy atom. The Kier molecular flexibility index (Phi) is 4.01. The largest absolute Gasteiger partial charge is 0.298 e. The molecular weight excluding hydrogens is 336 g/mol. The number of imidazole rings is 1. The molecule has 0 unspecified atom stereocenters. The van der Waals surface area contributed by atoms with E-state index in [9.17, 15) is 4.79 Å². The van der Waals surface area contributed by atoms with Crippen LogP contribution in [0.15, 0.2) is 67.0 Å². The minimum absolute atomic E-state index is 0.253. The average Bonchev–Trinajstić information content (AvgIpc) is 3.35. The fourth-order valence-electron chi connectivity index (χ4n) is 2.22.